The van der Waals surface area contributed by atoms with Crippen LogP contribution in [0.2, 0.25) is 0 Å². The van der Waals surface area contributed by atoms with Gasteiger partial charge >= 0.3 is 39.5 Å². The van der Waals surface area contributed by atoms with Crippen LogP contribution in [0.4, 0.5) is 0 Å². The first-order valence-electron chi connectivity index (χ1n) is 41.7. The number of rotatable bonds is 78. The molecule has 0 spiro atoms. The Morgan fingerprint density at radius 1 is 0.280 bits per heavy atom. The van der Waals surface area contributed by atoms with Crippen molar-refractivity contribution in [2.24, 2.45) is 23.7 Å². The highest BCUT2D eigenvalue weighted by molar-refractivity contribution is 7.47. The molecule has 0 saturated carbocycles. The largest absolute Gasteiger partial charge is 0.472 e. The van der Waals surface area contributed by atoms with E-state index in [1.807, 2.05) is 0 Å². The summed E-state index contributed by atoms with van der Waals surface area (Å²) in [6, 6.07) is 0. The molecule has 0 radical (unpaired) electrons. The molecule has 0 fully saturated rings. The van der Waals surface area contributed by atoms with Crippen LogP contribution in [0.25, 0.3) is 0 Å². The second-order valence-corrected chi connectivity index (χ2v) is 33.7. The molecule has 4 unspecified atom stereocenters. The molecular formula is C81H158O17P2. The number of unbranched alkanes of at least 4 members (excludes halogenated alkanes) is 43. The molecule has 0 amide bonds. The zero-order chi connectivity index (χ0) is 73.8. The average molecular weight is 1470 g/mol. The Balaban J connectivity index is 5.25. The molecule has 0 rings (SSSR count). The molecule has 0 bridgehead atoms. The van der Waals surface area contributed by atoms with E-state index < -0.39 is 97.5 Å². The minimum absolute atomic E-state index is 0.107. The van der Waals surface area contributed by atoms with Gasteiger partial charge in [0.2, 0.25) is 0 Å². The number of ether oxygens (including phenoxy) is 4. The van der Waals surface area contributed by atoms with Crippen LogP contribution < -0.4 is 0 Å². The van der Waals surface area contributed by atoms with Crippen molar-refractivity contribution in [3.05, 3.63) is 0 Å². The lowest BCUT2D eigenvalue weighted by molar-refractivity contribution is -0.161. The normalized spacial score (nSPS) is 14.3. The summed E-state index contributed by atoms with van der Waals surface area (Å²) in [6.07, 6.45) is 56.8. The van der Waals surface area contributed by atoms with Gasteiger partial charge in [0.25, 0.3) is 0 Å². The molecule has 6 atom stereocenters. The predicted molar refractivity (Wildman–Crippen MR) is 409 cm³/mol. The monoisotopic (exact) mass is 1470 g/mol. The first-order valence-corrected chi connectivity index (χ1v) is 44.7. The number of carbonyl (C=O) groups is 4. The van der Waals surface area contributed by atoms with Gasteiger partial charge in [0, 0.05) is 25.7 Å². The van der Waals surface area contributed by atoms with Gasteiger partial charge in [-0.1, -0.05) is 364 Å². The van der Waals surface area contributed by atoms with Crippen LogP contribution in [0.15, 0.2) is 0 Å². The molecule has 0 aliphatic carbocycles. The fourth-order valence-electron chi connectivity index (χ4n) is 12.4. The van der Waals surface area contributed by atoms with Crippen LogP contribution in [0.1, 0.15) is 415 Å². The molecule has 0 aromatic heterocycles. The number of esters is 4. The summed E-state index contributed by atoms with van der Waals surface area (Å²) in [4.78, 5) is 73.0. The lowest BCUT2D eigenvalue weighted by atomic mass is 9.99. The Morgan fingerprint density at radius 3 is 0.710 bits per heavy atom. The van der Waals surface area contributed by atoms with Gasteiger partial charge in [-0.3, -0.25) is 37.3 Å². The molecule has 0 aliphatic heterocycles. The van der Waals surface area contributed by atoms with Crippen LogP contribution >= 0.6 is 15.6 Å². The van der Waals surface area contributed by atoms with Gasteiger partial charge in [-0.2, -0.15) is 0 Å². The van der Waals surface area contributed by atoms with Crippen LogP contribution in [0, 0.1) is 23.7 Å². The average Bonchev–Trinajstić information content (AvgIpc) is 0.922. The SMILES string of the molecule is CCC(C)CCCCCCCCCCCCCCCCC(=O)O[C@H](COC(=O)CCCCCCCCCC(C)C)COP(=O)(O)OCC(O)COP(=O)(O)OC[C@@H](COC(=O)CCCCCCCCCCCCCCC(C)C)OC(=O)CCCCCCCCCCCCCCCCC(C)C. The number of hydrogen-bond donors (Lipinski definition) is 3. The Labute approximate surface area is 613 Å². The van der Waals surface area contributed by atoms with Crippen molar-refractivity contribution in [3.8, 4) is 0 Å². The highest BCUT2D eigenvalue weighted by atomic mass is 31.2. The molecule has 3 N–H and O–H groups in total. The standard InChI is InChI=1S/C81H158O17P2/c1-9-74(8)60-52-44-36-28-22-15-11-13-17-25-31-39-48-56-64-81(86)98-77(68-92-79(84)62-54-46-40-32-35-43-51-59-73(6)7)70-96-100(89,90)94-66-75(82)65-93-99(87,88)95-69-76(67-91-78(83)61-53-45-37-29-23-19-18-21-27-34-42-50-58-72(4)5)97-80(85)63-55-47-38-30-24-16-12-10-14-20-26-33-41-49-57-71(2)3/h71-77,82H,9-70H2,1-8H3,(H,87,88)(H,89,90)/t74?,75?,76-,77-/m1/s1. The first-order chi connectivity index (χ1) is 48.1. The minimum atomic E-state index is -4.96. The van der Waals surface area contributed by atoms with E-state index in [4.69, 9.17) is 37.0 Å². The Bertz CT molecular complexity index is 1960. The van der Waals surface area contributed by atoms with Gasteiger partial charge in [-0.25, -0.2) is 9.13 Å². The third-order valence-electron chi connectivity index (χ3n) is 19.2. The van der Waals surface area contributed by atoms with Gasteiger partial charge < -0.3 is 33.8 Å². The maximum atomic E-state index is 13.1. The van der Waals surface area contributed by atoms with E-state index in [0.717, 1.165) is 114 Å². The topological polar surface area (TPSA) is 237 Å². The van der Waals surface area contributed by atoms with E-state index in [2.05, 4.69) is 55.4 Å². The molecule has 0 saturated heterocycles. The van der Waals surface area contributed by atoms with Crippen molar-refractivity contribution in [2.75, 3.05) is 39.6 Å². The summed E-state index contributed by atoms with van der Waals surface area (Å²) < 4.78 is 68.7. The number of hydrogen-bond acceptors (Lipinski definition) is 15. The lowest BCUT2D eigenvalue weighted by Crippen LogP contribution is -2.30. The van der Waals surface area contributed by atoms with E-state index in [0.29, 0.717) is 31.6 Å². The molecule has 100 heavy (non-hydrogen) atoms. The molecule has 0 aliphatic rings. The first kappa shape index (κ1) is 98.1. The maximum absolute atomic E-state index is 13.1. The Morgan fingerprint density at radius 2 is 0.480 bits per heavy atom. The molecule has 19 heteroatoms. The van der Waals surface area contributed by atoms with Gasteiger partial charge in [-0.15, -0.1) is 0 Å². The number of phosphoric acid groups is 2. The summed E-state index contributed by atoms with van der Waals surface area (Å²) in [5.41, 5.74) is 0. The van der Waals surface area contributed by atoms with Gasteiger partial charge in [-0.05, 0) is 49.4 Å². The third-order valence-corrected chi connectivity index (χ3v) is 21.1. The number of aliphatic hydroxyl groups excluding tert-OH is 1. The number of aliphatic hydroxyl groups is 1. The molecule has 0 aromatic rings. The zero-order valence-electron chi connectivity index (χ0n) is 65.8. The zero-order valence-corrected chi connectivity index (χ0v) is 67.6. The number of phosphoric ester groups is 2. The van der Waals surface area contributed by atoms with Crippen LogP contribution in [0.3, 0.4) is 0 Å². The summed E-state index contributed by atoms with van der Waals surface area (Å²) in [5.74, 6) is 1.01. The van der Waals surface area contributed by atoms with Crippen LogP contribution in [0.5, 0.6) is 0 Å². The second kappa shape index (κ2) is 70.1. The molecule has 17 nitrogen and oxygen atoms in total. The highest BCUT2D eigenvalue weighted by Crippen LogP contribution is 2.45. The summed E-state index contributed by atoms with van der Waals surface area (Å²) in [5, 5.41) is 10.6. The van der Waals surface area contributed by atoms with E-state index in [1.54, 1.807) is 0 Å². The Kier molecular flexibility index (Phi) is 68.7. The van der Waals surface area contributed by atoms with Gasteiger partial charge in [0.15, 0.2) is 12.2 Å². The molecular weight excluding hydrogens is 1310 g/mol. The minimum Gasteiger partial charge on any atom is -0.462 e. The fourth-order valence-corrected chi connectivity index (χ4v) is 14.0. The van der Waals surface area contributed by atoms with E-state index in [9.17, 15) is 43.2 Å². The van der Waals surface area contributed by atoms with Crippen LogP contribution in [-0.2, 0) is 65.4 Å². The second-order valence-electron chi connectivity index (χ2n) is 30.8. The van der Waals surface area contributed by atoms with Crippen molar-refractivity contribution in [1.82, 2.24) is 0 Å². The van der Waals surface area contributed by atoms with Crippen molar-refractivity contribution >= 4 is 39.5 Å². The van der Waals surface area contributed by atoms with E-state index >= 15 is 0 Å². The van der Waals surface area contributed by atoms with Gasteiger partial charge in [0.05, 0.1) is 26.4 Å². The van der Waals surface area contributed by atoms with E-state index in [1.165, 1.54) is 212 Å². The van der Waals surface area contributed by atoms with Crippen molar-refractivity contribution in [3.63, 3.8) is 0 Å². The van der Waals surface area contributed by atoms with E-state index in [-0.39, 0.29) is 25.7 Å². The fraction of sp³-hybridized carbons (Fsp3) is 0.951. The predicted octanol–water partition coefficient (Wildman–Crippen LogP) is 24.0. The van der Waals surface area contributed by atoms with Crippen molar-refractivity contribution in [1.29, 1.82) is 0 Å². The lowest BCUT2D eigenvalue weighted by Gasteiger charge is -2.21. The number of carbonyl (C=O) groups excluding carboxylic acids is 4. The molecule has 0 heterocycles. The maximum Gasteiger partial charge on any atom is 0.472 e. The quantitative estimate of drug-likeness (QED) is 0.0222. The summed E-state index contributed by atoms with van der Waals surface area (Å²) in [7, 11) is -9.92. The van der Waals surface area contributed by atoms with Crippen LogP contribution in [-0.4, -0.2) is 96.7 Å². The summed E-state index contributed by atoms with van der Waals surface area (Å²) in [6.45, 7) is 14.3. The molecule has 594 valence electrons. The molecule has 0 aromatic carbocycles. The highest BCUT2D eigenvalue weighted by Gasteiger charge is 2.30. The third kappa shape index (κ3) is 73.0. The smallest absolute Gasteiger partial charge is 0.462 e. The van der Waals surface area contributed by atoms with Gasteiger partial charge in [0.1, 0.15) is 19.3 Å². The summed E-state index contributed by atoms with van der Waals surface area (Å²) >= 11 is 0. The Hall–Kier alpha value is -1.94. The van der Waals surface area contributed by atoms with Crippen molar-refractivity contribution in [2.45, 2.75) is 433 Å². The van der Waals surface area contributed by atoms with Crippen molar-refractivity contribution < 1.29 is 80.2 Å².